The Morgan fingerprint density at radius 3 is 2.66 bits per heavy atom. The van der Waals surface area contributed by atoms with Gasteiger partial charge >= 0.3 is 5.63 Å². The van der Waals surface area contributed by atoms with E-state index in [2.05, 4.69) is 10.3 Å². The smallest absolute Gasteiger partial charge is 0.347 e. The van der Waals surface area contributed by atoms with Gasteiger partial charge in [0.1, 0.15) is 28.2 Å². The van der Waals surface area contributed by atoms with Crippen molar-refractivity contribution in [3.8, 4) is 17.1 Å². The van der Waals surface area contributed by atoms with Gasteiger partial charge in [0.2, 0.25) is 5.91 Å². The molecule has 1 amide bonds. The van der Waals surface area contributed by atoms with Crippen LogP contribution in [-0.2, 0) is 17.6 Å². The van der Waals surface area contributed by atoms with E-state index in [4.69, 9.17) is 13.6 Å². The van der Waals surface area contributed by atoms with Gasteiger partial charge in [0.05, 0.1) is 18.5 Å². The third-order valence-corrected chi connectivity index (χ3v) is 6.83. The zero-order valence-electron chi connectivity index (χ0n) is 19.6. The second kappa shape index (κ2) is 9.38. The molecule has 0 bridgehead atoms. The van der Waals surface area contributed by atoms with E-state index in [1.54, 1.807) is 31.4 Å². The number of hydrogen-bond acceptors (Lipinski definition) is 7. The van der Waals surface area contributed by atoms with Crippen LogP contribution in [0.4, 0.5) is 0 Å². The van der Waals surface area contributed by atoms with Crippen molar-refractivity contribution in [1.29, 1.82) is 0 Å². The summed E-state index contributed by atoms with van der Waals surface area (Å²) in [5.41, 5.74) is 2.16. The van der Waals surface area contributed by atoms with Gasteiger partial charge in [0.25, 0.3) is 0 Å². The zero-order valence-corrected chi connectivity index (χ0v) is 20.5. The average molecular weight is 489 g/mol. The number of nitrogens with zero attached hydrogens (tertiary/aromatic N) is 1. The second-order valence-corrected chi connectivity index (χ2v) is 9.32. The first kappa shape index (κ1) is 22.9. The Morgan fingerprint density at radius 1 is 1.09 bits per heavy atom. The number of fused-ring (bicyclic) bond motifs is 2. The molecule has 0 radical (unpaired) electrons. The highest BCUT2D eigenvalue weighted by molar-refractivity contribution is 7.09. The molecule has 3 heterocycles. The van der Waals surface area contributed by atoms with Crippen molar-refractivity contribution in [2.75, 3.05) is 13.7 Å². The summed E-state index contributed by atoms with van der Waals surface area (Å²) in [5.74, 6) is 1.50. The van der Waals surface area contributed by atoms with E-state index < -0.39 is 5.63 Å². The van der Waals surface area contributed by atoms with Gasteiger partial charge in [-0.15, -0.1) is 11.3 Å². The molecular formula is C27H24N2O5S. The van der Waals surface area contributed by atoms with Gasteiger partial charge in [-0.1, -0.05) is 18.2 Å². The first-order chi connectivity index (χ1) is 16.9. The van der Waals surface area contributed by atoms with Crippen LogP contribution >= 0.6 is 11.3 Å². The molecule has 7 nitrogen and oxygen atoms in total. The Labute approximate surface area is 205 Å². The largest absolute Gasteiger partial charge is 0.497 e. The van der Waals surface area contributed by atoms with Gasteiger partial charge in [-0.2, -0.15) is 0 Å². The van der Waals surface area contributed by atoms with Crippen LogP contribution in [0.15, 0.2) is 61.5 Å². The molecule has 0 unspecified atom stereocenters. The van der Waals surface area contributed by atoms with Crippen LogP contribution in [0.1, 0.15) is 22.0 Å². The number of amides is 1. The highest BCUT2D eigenvalue weighted by atomic mass is 32.1. The predicted octanol–water partition coefficient (Wildman–Crippen LogP) is 5.19. The van der Waals surface area contributed by atoms with Crippen molar-refractivity contribution < 1.29 is 18.4 Å². The van der Waals surface area contributed by atoms with E-state index in [1.807, 2.05) is 48.7 Å². The molecule has 2 aromatic carbocycles. The average Bonchev–Trinajstić information content (AvgIpc) is 3.41. The van der Waals surface area contributed by atoms with Crippen LogP contribution in [-0.4, -0.2) is 24.5 Å². The summed E-state index contributed by atoms with van der Waals surface area (Å²) in [5, 5.41) is 8.19. The Hall–Kier alpha value is -3.91. The van der Waals surface area contributed by atoms with Crippen molar-refractivity contribution >= 4 is 39.0 Å². The summed E-state index contributed by atoms with van der Waals surface area (Å²) in [7, 11) is 1.63. The Morgan fingerprint density at radius 2 is 1.89 bits per heavy atom. The maximum absolute atomic E-state index is 12.9. The summed E-state index contributed by atoms with van der Waals surface area (Å²) in [4.78, 5) is 30.1. The number of furan rings is 1. The quantitative estimate of drug-likeness (QED) is 0.339. The third-order valence-electron chi connectivity index (χ3n) is 5.80. The fraction of sp³-hybridized carbons (Fsp3) is 0.222. The lowest BCUT2D eigenvalue weighted by molar-refractivity contribution is -0.120. The van der Waals surface area contributed by atoms with Crippen LogP contribution in [0.5, 0.6) is 5.75 Å². The van der Waals surface area contributed by atoms with Gasteiger partial charge < -0.3 is 18.9 Å². The SMILES string of the molecule is COc1ccc2cc(-c3oc4cc(C)oc(=O)c4c3CC(=O)NCCc3nc(C)cs3)ccc2c1. The van der Waals surface area contributed by atoms with Crippen LogP contribution in [0.2, 0.25) is 0 Å². The number of carbonyl (C=O) groups excluding carboxylic acids is 1. The van der Waals surface area contributed by atoms with Crippen LogP contribution in [0.3, 0.4) is 0 Å². The number of ether oxygens (including phenoxy) is 1. The lowest BCUT2D eigenvalue weighted by Gasteiger charge is -2.07. The number of benzene rings is 2. The Balaban J connectivity index is 1.49. The highest BCUT2D eigenvalue weighted by Crippen LogP contribution is 2.35. The molecule has 0 spiro atoms. The van der Waals surface area contributed by atoms with Crippen molar-refractivity contribution in [2.24, 2.45) is 0 Å². The van der Waals surface area contributed by atoms with Gasteiger partial charge in [-0.3, -0.25) is 4.79 Å². The monoisotopic (exact) mass is 488 g/mol. The summed E-state index contributed by atoms with van der Waals surface area (Å²) >= 11 is 1.58. The lowest BCUT2D eigenvalue weighted by atomic mass is 10.0. The zero-order chi connectivity index (χ0) is 24.5. The summed E-state index contributed by atoms with van der Waals surface area (Å²) < 4.78 is 16.8. The maximum Gasteiger partial charge on any atom is 0.347 e. The van der Waals surface area contributed by atoms with Crippen LogP contribution in [0.25, 0.3) is 33.1 Å². The molecule has 3 aromatic heterocycles. The van der Waals surface area contributed by atoms with Crippen molar-refractivity contribution in [1.82, 2.24) is 10.3 Å². The number of aromatic nitrogens is 1. The van der Waals surface area contributed by atoms with Crippen LogP contribution < -0.4 is 15.7 Å². The van der Waals surface area contributed by atoms with E-state index in [0.29, 0.717) is 41.0 Å². The van der Waals surface area contributed by atoms with Crippen LogP contribution in [0, 0.1) is 13.8 Å². The molecule has 0 aliphatic heterocycles. The number of rotatable bonds is 7. The number of nitrogens with one attached hydrogen (secondary N) is 1. The van der Waals surface area contributed by atoms with E-state index in [0.717, 1.165) is 32.8 Å². The molecule has 8 heteroatoms. The third kappa shape index (κ3) is 4.70. The molecule has 0 saturated carbocycles. The second-order valence-electron chi connectivity index (χ2n) is 8.38. The van der Waals surface area contributed by atoms with Crippen molar-refractivity contribution in [3.63, 3.8) is 0 Å². The predicted molar refractivity (Wildman–Crippen MR) is 136 cm³/mol. The maximum atomic E-state index is 12.9. The lowest BCUT2D eigenvalue weighted by Crippen LogP contribution is -2.27. The minimum absolute atomic E-state index is 0.00625. The topological polar surface area (TPSA) is 94.6 Å². The van der Waals surface area contributed by atoms with E-state index >= 15 is 0 Å². The Bertz CT molecular complexity index is 1610. The van der Waals surface area contributed by atoms with Gasteiger partial charge in [-0.05, 0) is 42.8 Å². The first-order valence-electron chi connectivity index (χ1n) is 11.2. The van der Waals surface area contributed by atoms with Gasteiger partial charge in [0, 0.05) is 41.2 Å². The highest BCUT2D eigenvalue weighted by Gasteiger charge is 2.22. The van der Waals surface area contributed by atoms with Gasteiger partial charge in [-0.25, -0.2) is 9.78 Å². The van der Waals surface area contributed by atoms with E-state index in [-0.39, 0.29) is 12.3 Å². The number of aryl methyl sites for hydroxylation is 2. The number of hydrogen-bond donors (Lipinski definition) is 1. The molecule has 1 N–H and O–H groups in total. The molecule has 5 rings (SSSR count). The molecule has 5 aromatic rings. The molecule has 0 fully saturated rings. The molecule has 178 valence electrons. The molecule has 0 aliphatic rings. The molecular weight excluding hydrogens is 464 g/mol. The van der Waals surface area contributed by atoms with Crippen molar-refractivity contribution in [2.45, 2.75) is 26.7 Å². The fourth-order valence-electron chi connectivity index (χ4n) is 4.16. The fourth-order valence-corrected chi connectivity index (χ4v) is 4.94. The Kier molecular flexibility index (Phi) is 6.13. The number of carbonyl (C=O) groups is 1. The van der Waals surface area contributed by atoms with Crippen molar-refractivity contribution in [3.05, 3.63) is 80.3 Å². The summed E-state index contributed by atoms with van der Waals surface area (Å²) in [6.07, 6.45) is 0.645. The molecule has 0 saturated heterocycles. The van der Waals surface area contributed by atoms with E-state index in [1.165, 1.54) is 0 Å². The summed E-state index contributed by atoms with van der Waals surface area (Å²) in [6, 6.07) is 13.3. The minimum atomic E-state index is -0.512. The molecule has 0 aliphatic carbocycles. The summed E-state index contributed by atoms with van der Waals surface area (Å²) in [6.45, 7) is 4.10. The minimum Gasteiger partial charge on any atom is -0.497 e. The van der Waals surface area contributed by atoms with E-state index in [9.17, 15) is 9.59 Å². The standard InChI is InChI=1S/C27H24N2O5S/c1-15-14-35-24(29-15)8-9-28-23(30)13-21-25-22(10-16(2)33-27(25)31)34-26(21)19-5-4-18-12-20(32-3)7-6-17(18)11-19/h4-7,10-12,14H,8-9,13H2,1-3H3,(H,28,30). The molecule has 35 heavy (non-hydrogen) atoms. The molecule has 0 atom stereocenters. The number of methoxy groups -OCH3 is 1. The normalized spacial score (nSPS) is 11.3. The number of thiazole rings is 1. The van der Waals surface area contributed by atoms with Gasteiger partial charge in [0.15, 0.2) is 0 Å². The first-order valence-corrected chi connectivity index (χ1v) is 12.1.